The Labute approximate surface area is 85.9 Å². The third-order valence-corrected chi connectivity index (χ3v) is 1.67. The summed E-state index contributed by atoms with van der Waals surface area (Å²) in [6, 6.07) is 0. The van der Waals surface area contributed by atoms with Gasteiger partial charge in [-0.3, -0.25) is 14.6 Å². The van der Waals surface area contributed by atoms with Crippen LogP contribution in [-0.2, 0) is 23.4 Å². The fourth-order valence-electron chi connectivity index (χ4n) is 0.541. The zero-order valence-corrected chi connectivity index (χ0v) is 8.85. The average Bonchev–Trinajstić information content (AvgIpc) is 2.10. The Morgan fingerprint density at radius 2 is 2.07 bits per heavy atom. The van der Waals surface area contributed by atoms with Gasteiger partial charge in [-0.1, -0.05) is 6.58 Å². The lowest BCUT2D eigenvalue weighted by molar-refractivity contribution is -0.146. The van der Waals surface area contributed by atoms with Crippen molar-refractivity contribution in [3.05, 3.63) is 12.7 Å². The molecule has 0 aliphatic rings. The molecule has 0 saturated carbocycles. The van der Waals surface area contributed by atoms with Crippen molar-refractivity contribution in [1.82, 2.24) is 0 Å². The summed E-state index contributed by atoms with van der Waals surface area (Å²) in [5.74, 6) is -2.83. The van der Waals surface area contributed by atoms with Crippen LogP contribution in [0.3, 0.4) is 0 Å². The molecule has 0 bridgehead atoms. The van der Waals surface area contributed by atoms with Crippen LogP contribution < -0.4 is 0 Å². The van der Waals surface area contributed by atoms with Gasteiger partial charge in [0, 0.05) is 6.08 Å². The van der Waals surface area contributed by atoms with Crippen molar-refractivity contribution in [1.29, 1.82) is 0 Å². The number of carbonyl (C=O) groups excluding carboxylic acids is 2. The number of phosphoric acid groups is 1. The number of phosphoric ester groups is 1. The first-order valence-electron chi connectivity index (χ1n) is 3.84. The smallest absolute Gasteiger partial charge is 0.462 e. The molecule has 15 heavy (non-hydrogen) atoms. The van der Waals surface area contributed by atoms with Crippen LogP contribution in [0.5, 0.6) is 0 Å². The van der Waals surface area contributed by atoms with Gasteiger partial charge in [0.05, 0.1) is 5.92 Å². The lowest BCUT2D eigenvalue weighted by Crippen LogP contribution is -2.20. The number of hydrogen-bond donors (Lipinski definition) is 2. The van der Waals surface area contributed by atoms with Crippen LogP contribution in [0.25, 0.3) is 0 Å². The maximum Gasteiger partial charge on any atom is 0.526 e. The molecule has 1 atom stereocenters. The predicted molar refractivity (Wildman–Crippen MR) is 48.5 cm³/mol. The average molecular weight is 238 g/mol. The summed E-state index contributed by atoms with van der Waals surface area (Å²) in [5.41, 5.74) is 0. The van der Waals surface area contributed by atoms with E-state index in [9.17, 15) is 14.2 Å². The highest BCUT2D eigenvalue weighted by Crippen LogP contribution is 2.36. The van der Waals surface area contributed by atoms with Crippen molar-refractivity contribution < 1.29 is 33.2 Å². The van der Waals surface area contributed by atoms with Gasteiger partial charge in [-0.25, -0.2) is 9.36 Å². The second kappa shape index (κ2) is 5.65. The molecule has 0 rings (SSSR count). The maximum absolute atomic E-state index is 10.9. The summed E-state index contributed by atoms with van der Waals surface area (Å²) in [6.45, 7) is 4.10. The van der Waals surface area contributed by atoms with Crippen LogP contribution in [-0.4, -0.2) is 28.3 Å². The van der Waals surface area contributed by atoms with Gasteiger partial charge in [0.2, 0.25) is 0 Å². The summed E-state index contributed by atoms with van der Waals surface area (Å²) in [5, 5.41) is 0. The molecule has 0 radical (unpaired) electrons. The zero-order valence-electron chi connectivity index (χ0n) is 7.95. The molecule has 0 aliphatic heterocycles. The van der Waals surface area contributed by atoms with Crippen LogP contribution >= 0.6 is 7.82 Å². The molecule has 0 fully saturated rings. The van der Waals surface area contributed by atoms with Gasteiger partial charge < -0.3 is 9.26 Å². The van der Waals surface area contributed by atoms with Crippen molar-refractivity contribution in [3.8, 4) is 0 Å². The Morgan fingerprint density at radius 1 is 1.53 bits per heavy atom. The predicted octanol–water partition coefficient (Wildman–Crippen LogP) is -0.0124. The van der Waals surface area contributed by atoms with Gasteiger partial charge in [0.1, 0.15) is 6.61 Å². The summed E-state index contributed by atoms with van der Waals surface area (Å²) in [6.07, 6.45) is 0.904. The van der Waals surface area contributed by atoms with Crippen molar-refractivity contribution >= 4 is 19.8 Å². The van der Waals surface area contributed by atoms with Gasteiger partial charge in [-0.2, -0.15) is 0 Å². The third kappa shape index (κ3) is 6.84. The molecule has 1 unspecified atom stereocenters. The highest BCUT2D eigenvalue weighted by Gasteiger charge is 2.25. The van der Waals surface area contributed by atoms with Crippen LogP contribution in [0.2, 0.25) is 0 Å². The molecule has 0 aromatic rings. The molecule has 86 valence electrons. The third-order valence-electron chi connectivity index (χ3n) is 1.25. The molecule has 0 heterocycles. The molecule has 8 heteroatoms. The van der Waals surface area contributed by atoms with E-state index in [1.165, 1.54) is 6.92 Å². The maximum atomic E-state index is 10.9. The van der Waals surface area contributed by atoms with E-state index >= 15 is 0 Å². The Kier molecular flexibility index (Phi) is 5.21. The van der Waals surface area contributed by atoms with Crippen molar-refractivity contribution in [2.75, 3.05) is 6.61 Å². The first-order chi connectivity index (χ1) is 6.76. The SMILES string of the molecule is C=CC(=O)OCC(C)C(=O)OP(=O)(O)O. The van der Waals surface area contributed by atoms with Crippen LogP contribution in [0.4, 0.5) is 0 Å². The Hall–Kier alpha value is -1.17. The van der Waals surface area contributed by atoms with E-state index in [0.29, 0.717) is 0 Å². The minimum Gasteiger partial charge on any atom is -0.462 e. The van der Waals surface area contributed by atoms with E-state index in [2.05, 4.69) is 15.8 Å². The van der Waals surface area contributed by atoms with Crippen LogP contribution in [0.15, 0.2) is 12.7 Å². The number of ether oxygens (including phenoxy) is 1. The topological polar surface area (TPSA) is 110 Å². The standard InChI is InChI=1S/C7H11O7P/c1-3-6(8)13-4-5(2)7(9)14-15(10,11)12/h3,5H,1,4H2,2H3,(H2,10,11,12). The Morgan fingerprint density at radius 3 is 2.47 bits per heavy atom. The van der Waals surface area contributed by atoms with Gasteiger partial charge in [0.15, 0.2) is 0 Å². The molecule has 7 nitrogen and oxygen atoms in total. The first kappa shape index (κ1) is 13.8. The highest BCUT2D eigenvalue weighted by molar-refractivity contribution is 7.46. The van der Waals surface area contributed by atoms with E-state index in [0.717, 1.165) is 6.08 Å². The zero-order chi connectivity index (χ0) is 12.1. The number of hydrogen-bond acceptors (Lipinski definition) is 5. The fraction of sp³-hybridized carbons (Fsp3) is 0.429. The van der Waals surface area contributed by atoms with Crippen molar-refractivity contribution in [2.24, 2.45) is 5.92 Å². The largest absolute Gasteiger partial charge is 0.526 e. The molecular formula is C7H11O7P. The van der Waals surface area contributed by atoms with Crippen molar-refractivity contribution in [3.63, 3.8) is 0 Å². The minimum absolute atomic E-state index is 0.330. The molecule has 0 aromatic heterocycles. The Balaban J connectivity index is 4.05. The van der Waals surface area contributed by atoms with Crippen molar-refractivity contribution in [2.45, 2.75) is 6.92 Å². The second-order valence-corrected chi connectivity index (χ2v) is 3.80. The van der Waals surface area contributed by atoms with E-state index < -0.39 is 25.7 Å². The molecule has 0 aliphatic carbocycles. The van der Waals surface area contributed by atoms with Gasteiger partial charge >= 0.3 is 19.8 Å². The lowest BCUT2D eigenvalue weighted by atomic mass is 10.2. The molecular weight excluding hydrogens is 227 g/mol. The first-order valence-corrected chi connectivity index (χ1v) is 5.37. The fourth-order valence-corrected chi connectivity index (χ4v) is 0.956. The van der Waals surface area contributed by atoms with Crippen LogP contribution in [0.1, 0.15) is 6.92 Å². The molecule has 0 aromatic carbocycles. The van der Waals surface area contributed by atoms with E-state index in [4.69, 9.17) is 9.79 Å². The normalized spacial score (nSPS) is 12.7. The van der Waals surface area contributed by atoms with E-state index in [1.807, 2.05) is 0 Å². The van der Waals surface area contributed by atoms with E-state index in [1.54, 1.807) is 0 Å². The van der Waals surface area contributed by atoms with Gasteiger partial charge in [0.25, 0.3) is 0 Å². The monoisotopic (exact) mass is 238 g/mol. The molecule has 0 amide bonds. The number of rotatable bonds is 5. The van der Waals surface area contributed by atoms with Gasteiger partial charge in [-0.05, 0) is 6.92 Å². The lowest BCUT2D eigenvalue weighted by Gasteiger charge is -2.11. The summed E-state index contributed by atoms with van der Waals surface area (Å²) >= 11 is 0. The summed E-state index contributed by atoms with van der Waals surface area (Å²) < 4.78 is 18.5. The second-order valence-electron chi connectivity index (χ2n) is 2.64. The number of carbonyl (C=O) groups is 2. The molecule has 2 N–H and O–H groups in total. The molecule has 0 spiro atoms. The Bertz CT molecular complexity index is 304. The van der Waals surface area contributed by atoms with Gasteiger partial charge in [-0.15, -0.1) is 0 Å². The highest BCUT2D eigenvalue weighted by atomic mass is 31.2. The summed E-state index contributed by atoms with van der Waals surface area (Å²) in [4.78, 5) is 38.1. The minimum atomic E-state index is -4.84. The number of esters is 1. The van der Waals surface area contributed by atoms with Crippen LogP contribution in [0, 0.1) is 5.92 Å². The quantitative estimate of drug-likeness (QED) is 0.393. The summed E-state index contributed by atoms with van der Waals surface area (Å²) in [7, 11) is -4.84. The van der Waals surface area contributed by atoms with E-state index in [-0.39, 0.29) is 6.61 Å². The molecule has 0 saturated heterocycles.